The summed E-state index contributed by atoms with van der Waals surface area (Å²) in [5, 5.41) is 0. The third-order valence-electron chi connectivity index (χ3n) is 3.08. The maximum atomic E-state index is 11.9. The predicted molar refractivity (Wildman–Crippen MR) is 62.3 cm³/mol. The van der Waals surface area contributed by atoms with Gasteiger partial charge in [0.05, 0.1) is 5.92 Å². The normalized spacial score (nSPS) is 21.7. The fourth-order valence-electron chi connectivity index (χ4n) is 2.06. The van der Waals surface area contributed by atoms with E-state index in [-0.39, 0.29) is 5.92 Å². The zero-order chi connectivity index (χ0) is 10.7. The van der Waals surface area contributed by atoms with Crippen molar-refractivity contribution in [2.24, 2.45) is 17.8 Å². The Bertz CT molecular complexity index is 334. The standard InChI is InChI=1S/C14H16O/c1-11(12-6-2-3-7-12)10-14(15)13-8-4-5-9-13/h2-9,11-13H,10H2,1H3/t11-/m0/s1. The van der Waals surface area contributed by atoms with Crippen LogP contribution in [0, 0.1) is 17.8 Å². The van der Waals surface area contributed by atoms with Crippen LogP contribution < -0.4 is 0 Å². The summed E-state index contributed by atoms with van der Waals surface area (Å²) in [4.78, 5) is 11.9. The number of ketones is 1. The minimum atomic E-state index is 0.0295. The molecule has 0 spiro atoms. The van der Waals surface area contributed by atoms with Crippen LogP contribution in [0.2, 0.25) is 0 Å². The summed E-state index contributed by atoms with van der Waals surface area (Å²) in [6.45, 7) is 2.14. The summed E-state index contributed by atoms with van der Waals surface area (Å²) in [7, 11) is 0. The molecule has 1 heteroatoms. The summed E-state index contributed by atoms with van der Waals surface area (Å²) in [6.07, 6.45) is 16.9. The molecule has 0 fully saturated rings. The van der Waals surface area contributed by atoms with Gasteiger partial charge in [0.25, 0.3) is 0 Å². The largest absolute Gasteiger partial charge is 0.299 e. The van der Waals surface area contributed by atoms with E-state index < -0.39 is 0 Å². The molecule has 2 rings (SSSR count). The molecule has 0 heterocycles. The molecule has 0 unspecified atom stereocenters. The molecular formula is C14H16O. The van der Waals surface area contributed by atoms with E-state index in [9.17, 15) is 4.79 Å². The molecule has 0 radical (unpaired) electrons. The number of hydrogen-bond acceptors (Lipinski definition) is 1. The smallest absolute Gasteiger partial charge is 0.143 e. The second kappa shape index (κ2) is 4.43. The molecule has 0 aromatic heterocycles. The lowest BCUT2D eigenvalue weighted by Crippen LogP contribution is -2.16. The number of hydrogen-bond donors (Lipinski definition) is 0. The van der Waals surface area contributed by atoms with Crippen molar-refractivity contribution in [1.29, 1.82) is 0 Å². The quantitative estimate of drug-likeness (QED) is 0.681. The average Bonchev–Trinajstić information content (AvgIpc) is 2.91. The van der Waals surface area contributed by atoms with E-state index >= 15 is 0 Å². The van der Waals surface area contributed by atoms with Crippen LogP contribution in [-0.4, -0.2) is 5.78 Å². The van der Waals surface area contributed by atoms with Crippen molar-refractivity contribution >= 4 is 5.78 Å². The maximum Gasteiger partial charge on any atom is 0.143 e. The first-order valence-electron chi connectivity index (χ1n) is 5.50. The molecule has 78 valence electrons. The Morgan fingerprint density at radius 2 is 1.60 bits per heavy atom. The minimum absolute atomic E-state index is 0.0295. The predicted octanol–water partition coefficient (Wildman–Crippen LogP) is 3.07. The maximum absolute atomic E-state index is 11.9. The highest BCUT2D eigenvalue weighted by Gasteiger charge is 2.21. The van der Waals surface area contributed by atoms with E-state index in [4.69, 9.17) is 0 Å². The molecule has 0 amide bonds. The second-order valence-corrected chi connectivity index (χ2v) is 4.29. The van der Waals surface area contributed by atoms with Crippen LogP contribution >= 0.6 is 0 Å². The molecule has 0 aromatic carbocycles. The van der Waals surface area contributed by atoms with Gasteiger partial charge in [-0.2, -0.15) is 0 Å². The van der Waals surface area contributed by atoms with E-state index in [1.165, 1.54) is 0 Å². The summed E-state index contributed by atoms with van der Waals surface area (Å²) < 4.78 is 0. The van der Waals surface area contributed by atoms with Crippen LogP contribution in [0.5, 0.6) is 0 Å². The third-order valence-corrected chi connectivity index (χ3v) is 3.08. The average molecular weight is 200 g/mol. The van der Waals surface area contributed by atoms with Gasteiger partial charge in [-0.05, 0) is 11.8 Å². The van der Waals surface area contributed by atoms with Gasteiger partial charge in [0.15, 0.2) is 0 Å². The Morgan fingerprint density at radius 3 is 2.20 bits per heavy atom. The summed E-state index contributed by atoms with van der Waals surface area (Å²) in [5.74, 6) is 1.22. The topological polar surface area (TPSA) is 17.1 Å². The highest BCUT2D eigenvalue weighted by atomic mass is 16.1. The number of carbonyl (C=O) groups excluding carboxylic acids is 1. The van der Waals surface area contributed by atoms with Crippen molar-refractivity contribution in [2.45, 2.75) is 13.3 Å². The van der Waals surface area contributed by atoms with Crippen LogP contribution in [0.15, 0.2) is 48.6 Å². The summed E-state index contributed by atoms with van der Waals surface area (Å²) >= 11 is 0. The van der Waals surface area contributed by atoms with Gasteiger partial charge in [-0.3, -0.25) is 4.79 Å². The van der Waals surface area contributed by atoms with E-state index in [1.807, 2.05) is 24.3 Å². The molecule has 15 heavy (non-hydrogen) atoms. The van der Waals surface area contributed by atoms with E-state index in [2.05, 4.69) is 31.2 Å². The SMILES string of the molecule is C[C@@H](CC(=O)C1C=CC=C1)C1C=CC=C1. The fourth-order valence-corrected chi connectivity index (χ4v) is 2.06. The van der Waals surface area contributed by atoms with Gasteiger partial charge in [0, 0.05) is 6.42 Å². The van der Waals surface area contributed by atoms with Crippen molar-refractivity contribution in [3.8, 4) is 0 Å². The Morgan fingerprint density at radius 1 is 1.07 bits per heavy atom. The van der Waals surface area contributed by atoms with Crippen LogP contribution in [-0.2, 0) is 4.79 Å². The molecule has 0 aromatic rings. The van der Waals surface area contributed by atoms with Gasteiger partial charge in [-0.1, -0.05) is 55.5 Å². The zero-order valence-corrected chi connectivity index (χ0v) is 8.97. The van der Waals surface area contributed by atoms with E-state index in [0.717, 1.165) is 0 Å². The molecule has 1 atom stereocenters. The van der Waals surface area contributed by atoms with Crippen LogP contribution in [0.1, 0.15) is 13.3 Å². The molecule has 0 saturated heterocycles. The Balaban J connectivity index is 1.88. The molecule has 0 N–H and O–H groups in total. The second-order valence-electron chi connectivity index (χ2n) is 4.29. The number of allylic oxidation sites excluding steroid dienone is 8. The van der Waals surface area contributed by atoms with Gasteiger partial charge in [-0.15, -0.1) is 0 Å². The highest BCUT2D eigenvalue weighted by molar-refractivity contribution is 5.85. The third kappa shape index (κ3) is 2.35. The molecular weight excluding hydrogens is 184 g/mol. The zero-order valence-electron chi connectivity index (χ0n) is 8.97. The molecule has 2 aliphatic rings. The highest BCUT2D eigenvalue weighted by Crippen LogP contribution is 2.24. The molecule has 0 aliphatic heterocycles. The lowest BCUT2D eigenvalue weighted by molar-refractivity contribution is -0.121. The number of carbonyl (C=O) groups is 1. The van der Waals surface area contributed by atoms with Crippen molar-refractivity contribution in [2.75, 3.05) is 0 Å². The fraction of sp³-hybridized carbons (Fsp3) is 0.357. The van der Waals surface area contributed by atoms with Crippen molar-refractivity contribution in [3.63, 3.8) is 0 Å². The van der Waals surface area contributed by atoms with Crippen LogP contribution in [0.25, 0.3) is 0 Å². The van der Waals surface area contributed by atoms with Crippen LogP contribution in [0.4, 0.5) is 0 Å². The molecule has 0 saturated carbocycles. The monoisotopic (exact) mass is 200 g/mol. The summed E-state index contributed by atoms with van der Waals surface area (Å²) in [5.41, 5.74) is 0. The van der Waals surface area contributed by atoms with Gasteiger partial charge in [-0.25, -0.2) is 0 Å². The van der Waals surface area contributed by atoms with Crippen molar-refractivity contribution in [1.82, 2.24) is 0 Å². The Kier molecular flexibility index (Phi) is 3.00. The summed E-state index contributed by atoms with van der Waals surface area (Å²) in [6, 6.07) is 0. The molecule has 0 bridgehead atoms. The van der Waals surface area contributed by atoms with Crippen molar-refractivity contribution in [3.05, 3.63) is 48.6 Å². The number of rotatable bonds is 4. The lowest BCUT2D eigenvalue weighted by Gasteiger charge is -2.16. The first kappa shape index (κ1) is 10.2. The number of Topliss-reactive ketones (excluding diaryl/α,β-unsaturated/α-hetero) is 1. The van der Waals surface area contributed by atoms with Crippen molar-refractivity contribution < 1.29 is 4.79 Å². The molecule has 2 aliphatic carbocycles. The first-order valence-corrected chi connectivity index (χ1v) is 5.50. The Hall–Kier alpha value is -1.37. The van der Waals surface area contributed by atoms with E-state index in [1.54, 1.807) is 0 Å². The lowest BCUT2D eigenvalue weighted by atomic mass is 9.88. The van der Waals surface area contributed by atoms with E-state index in [0.29, 0.717) is 24.0 Å². The molecule has 1 nitrogen and oxygen atoms in total. The van der Waals surface area contributed by atoms with Gasteiger partial charge >= 0.3 is 0 Å². The Labute approximate surface area is 90.9 Å². The minimum Gasteiger partial charge on any atom is -0.299 e. The van der Waals surface area contributed by atoms with Gasteiger partial charge in [0.2, 0.25) is 0 Å². The van der Waals surface area contributed by atoms with Crippen LogP contribution in [0.3, 0.4) is 0 Å². The first-order chi connectivity index (χ1) is 7.27. The van der Waals surface area contributed by atoms with Gasteiger partial charge < -0.3 is 0 Å². The van der Waals surface area contributed by atoms with Gasteiger partial charge in [0.1, 0.15) is 5.78 Å².